The largest absolute Gasteiger partial charge is 0.455 e. The zero-order chi connectivity index (χ0) is 16.9. The van der Waals surface area contributed by atoms with Crippen LogP contribution in [-0.4, -0.2) is 54.3 Å². The fraction of sp³-hybridized carbons (Fsp3) is 0.625. The van der Waals surface area contributed by atoms with E-state index in [1.165, 1.54) is 6.33 Å². The monoisotopic (exact) mass is 340 g/mol. The van der Waals surface area contributed by atoms with E-state index >= 15 is 0 Å². The maximum absolute atomic E-state index is 13.1. The molecule has 1 unspecified atom stereocenters. The Balaban J connectivity index is 1.72. The van der Waals surface area contributed by atoms with E-state index in [1.807, 2.05) is 0 Å². The van der Waals surface area contributed by atoms with Crippen LogP contribution in [0.2, 0.25) is 0 Å². The SMILES string of the molecule is CN1CCN(c2ncnc3c4c(oc23)CCC(C(F)(F)F)C4)CC1. The van der Waals surface area contributed by atoms with E-state index in [0.29, 0.717) is 34.7 Å². The van der Waals surface area contributed by atoms with Crippen molar-refractivity contribution >= 4 is 16.9 Å². The molecule has 1 aliphatic carbocycles. The van der Waals surface area contributed by atoms with Crippen LogP contribution in [0.5, 0.6) is 0 Å². The van der Waals surface area contributed by atoms with Crippen molar-refractivity contribution in [3.63, 3.8) is 0 Å². The van der Waals surface area contributed by atoms with Crippen LogP contribution in [0.4, 0.5) is 19.0 Å². The summed E-state index contributed by atoms with van der Waals surface area (Å²) in [6, 6.07) is 0. The third-order valence-electron chi connectivity index (χ3n) is 5.07. The van der Waals surface area contributed by atoms with Gasteiger partial charge in [0.25, 0.3) is 0 Å². The second kappa shape index (κ2) is 5.61. The molecule has 0 spiro atoms. The van der Waals surface area contributed by atoms with Gasteiger partial charge >= 0.3 is 6.18 Å². The van der Waals surface area contributed by atoms with Gasteiger partial charge in [-0.05, 0) is 19.9 Å². The highest BCUT2D eigenvalue weighted by molar-refractivity contribution is 5.87. The average Bonchev–Trinajstić information content (AvgIpc) is 2.93. The minimum absolute atomic E-state index is 0.0506. The average molecular weight is 340 g/mol. The van der Waals surface area contributed by atoms with Gasteiger partial charge in [0, 0.05) is 38.2 Å². The van der Waals surface area contributed by atoms with Gasteiger partial charge in [0.15, 0.2) is 11.4 Å². The van der Waals surface area contributed by atoms with E-state index in [-0.39, 0.29) is 12.8 Å². The summed E-state index contributed by atoms with van der Waals surface area (Å²) in [5, 5.41) is 0. The van der Waals surface area contributed by atoms with Crippen LogP contribution in [-0.2, 0) is 12.8 Å². The van der Waals surface area contributed by atoms with Crippen LogP contribution in [0.1, 0.15) is 17.7 Å². The fourth-order valence-electron chi connectivity index (χ4n) is 3.58. The molecule has 5 nitrogen and oxygen atoms in total. The summed E-state index contributed by atoms with van der Waals surface area (Å²) >= 11 is 0. The van der Waals surface area contributed by atoms with Crippen molar-refractivity contribution in [3.8, 4) is 0 Å². The number of likely N-dealkylation sites (N-methyl/N-ethyl adjacent to an activating group) is 1. The summed E-state index contributed by atoms with van der Waals surface area (Å²) < 4.78 is 45.1. The number of anilines is 1. The molecule has 3 heterocycles. The van der Waals surface area contributed by atoms with E-state index in [9.17, 15) is 13.2 Å². The molecule has 0 radical (unpaired) electrons. The van der Waals surface area contributed by atoms with E-state index in [4.69, 9.17) is 4.42 Å². The van der Waals surface area contributed by atoms with Crippen LogP contribution in [0.15, 0.2) is 10.7 Å². The first kappa shape index (κ1) is 15.7. The van der Waals surface area contributed by atoms with Gasteiger partial charge in [0.2, 0.25) is 0 Å². The summed E-state index contributed by atoms with van der Waals surface area (Å²) in [5.74, 6) is 0.0280. The topological polar surface area (TPSA) is 45.4 Å². The Kier molecular flexibility index (Phi) is 3.67. The van der Waals surface area contributed by atoms with Gasteiger partial charge in [-0.15, -0.1) is 0 Å². The molecular formula is C16H19F3N4O. The number of rotatable bonds is 1. The molecule has 0 aromatic carbocycles. The molecule has 8 heteroatoms. The Morgan fingerprint density at radius 2 is 1.92 bits per heavy atom. The molecule has 0 amide bonds. The first-order valence-electron chi connectivity index (χ1n) is 8.19. The normalized spacial score (nSPS) is 22.8. The van der Waals surface area contributed by atoms with Crippen molar-refractivity contribution in [2.45, 2.75) is 25.4 Å². The minimum Gasteiger partial charge on any atom is -0.455 e. The number of piperazine rings is 1. The molecule has 1 saturated heterocycles. The molecule has 2 aromatic heterocycles. The van der Waals surface area contributed by atoms with Gasteiger partial charge in [-0.2, -0.15) is 13.2 Å². The molecule has 1 fully saturated rings. The maximum atomic E-state index is 13.1. The lowest BCUT2D eigenvalue weighted by Gasteiger charge is -2.32. The number of furan rings is 1. The summed E-state index contributed by atoms with van der Waals surface area (Å²) in [6.45, 7) is 3.47. The number of aryl methyl sites for hydroxylation is 1. The predicted octanol–water partition coefficient (Wildman–Crippen LogP) is 2.64. The second-order valence-corrected chi connectivity index (χ2v) is 6.65. The Bertz CT molecular complexity index is 750. The van der Waals surface area contributed by atoms with Gasteiger partial charge in [0.1, 0.15) is 17.6 Å². The smallest absolute Gasteiger partial charge is 0.392 e. The molecule has 1 atom stereocenters. The highest BCUT2D eigenvalue weighted by atomic mass is 19.4. The molecule has 0 N–H and O–H groups in total. The Morgan fingerprint density at radius 1 is 1.17 bits per heavy atom. The van der Waals surface area contributed by atoms with Crippen LogP contribution in [0.3, 0.4) is 0 Å². The minimum atomic E-state index is -4.17. The summed E-state index contributed by atoms with van der Waals surface area (Å²) in [7, 11) is 2.07. The first-order chi connectivity index (χ1) is 11.4. The third kappa shape index (κ3) is 2.62. The van der Waals surface area contributed by atoms with E-state index in [1.54, 1.807) is 0 Å². The predicted molar refractivity (Wildman–Crippen MR) is 83.1 cm³/mol. The van der Waals surface area contributed by atoms with Crippen molar-refractivity contribution in [1.29, 1.82) is 0 Å². The molecule has 24 heavy (non-hydrogen) atoms. The molecular weight excluding hydrogens is 321 g/mol. The third-order valence-corrected chi connectivity index (χ3v) is 5.07. The lowest BCUT2D eigenvalue weighted by Crippen LogP contribution is -2.44. The summed E-state index contributed by atoms with van der Waals surface area (Å²) in [4.78, 5) is 12.9. The Hall–Kier alpha value is -1.83. The van der Waals surface area contributed by atoms with Gasteiger partial charge in [-0.1, -0.05) is 0 Å². The molecule has 2 aliphatic rings. The molecule has 130 valence electrons. The lowest BCUT2D eigenvalue weighted by atomic mass is 9.87. The standard InChI is InChI=1S/C16H19F3N4O/c1-22-4-6-23(7-5-22)15-14-13(20-9-21-15)11-8-10(16(17,18)19)2-3-12(11)24-14/h9-10H,2-8H2,1H3. The van der Waals surface area contributed by atoms with E-state index < -0.39 is 12.1 Å². The second-order valence-electron chi connectivity index (χ2n) is 6.65. The summed E-state index contributed by atoms with van der Waals surface area (Å²) in [5.41, 5.74) is 1.69. The van der Waals surface area contributed by atoms with E-state index in [2.05, 4.69) is 26.8 Å². The number of alkyl halides is 3. The van der Waals surface area contributed by atoms with Gasteiger partial charge < -0.3 is 14.2 Å². The van der Waals surface area contributed by atoms with Crippen LogP contribution >= 0.6 is 0 Å². The number of hydrogen-bond acceptors (Lipinski definition) is 5. The van der Waals surface area contributed by atoms with Crippen LogP contribution in [0, 0.1) is 5.92 Å². The number of halogens is 3. The quantitative estimate of drug-likeness (QED) is 0.799. The Morgan fingerprint density at radius 3 is 2.62 bits per heavy atom. The van der Waals surface area contributed by atoms with Crippen molar-refractivity contribution in [3.05, 3.63) is 17.7 Å². The van der Waals surface area contributed by atoms with Gasteiger partial charge in [-0.25, -0.2) is 9.97 Å². The van der Waals surface area contributed by atoms with Crippen molar-refractivity contribution in [2.75, 3.05) is 38.1 Å². The maximum Gasteiger partial charge on any atom is 0.392 e. The highest BCUT2D eigenvalue weighted by Gasteiger charge is 2.43. The first-order valence-corrected chi connectivity index (χ1v) is 8.19. The van der Waals surface area contributed by atoms with Crippen molar-refractivity contribution < 1.29 is 17.6 Å². The van der Waals surface area contributed by atoms with Crippen molar-refractivity contribution in [2.24, 2.45) is 5.92 Å². The fourth-order valence-corrected chi connectivity index (χ4v) is 3.58. The number of aromatic nitrogens is 2. The van der Waals surface area contributed by atoms with Crippen LogP contribution < -0.4 is 4.90 Å². The highest BCUT2D eigenvalue weighted by Crippen LogP contribution is 2.41. The zero-order valence-corrected chi connectivity index (χ0v) is 13.4. The molecule has 2 aromatic rings. The molecule has 1 aliphatic heterocycles. The zero-order valence-electron chi connectivity index (χ0n) is 13.4. The van der Waals surface area contributed by atoms with Crippen LogP contribution in [0.25, 0.3) is 11.1 Å². The van der Waals surface area contributed by atoms with E-state index in [0.717, 1.165) is 26.2 Å². The number of nitrogens with zero attached hydrogens (tertiary/aromatic N) is 4. The van der Waals surface area contributed by atoms with Gasteiger partial charge in [-0.3, -0.25) is 0 Å². The summed E-state index contributed by atoms with van der Waals surface area (Å²) in [6.07, 6.45) is -2.41. The lowest BCUT2D eigenvalue weighted by molar-refractivity contribution is -0.177. The number of hydrogen-bond donors (Lipinski definition) is 0. The number of fused-ring (bicyclic) bond motifs is 3. The van der Waals surface area contributed by atoms with Gasteiger partial charge in [0.05, 0.1) is 5.92 Å². The molecule has 0 bridgehead atoms. The van der Waals surface area contributed by atoms with Crippen molar-refractivity contribution in [1.82, 2.24) is 14.9 Å². The molecule has 4 rings (SSSR count). The Labute approximate surface area is 137 Å². The molecule has 0 saturated carbocycles.